The molecule has 116 valence electrons. The number of nitrogens with two attached hydrogens (primary N) is 1. The molecule has 1 heterocycles. The fraction of sp³-hybridized carbons (Fsp3) is 0.938. The number of nitrogens with zero attached hydrogens (tertiary/aromatic N) is 1. The third kappa shape index (κ3) is 3.01. The zero-order valence-corrected chi connectivity index (χ0v) is 13.5. The standard InChI is InChI=1S/C16H31N3O/c1-5-14-9-6-12(4)19(14)10-16(15(17)20,13-7-8-13)18-11(2)3/h11-14,18H,5-10H2,1-4H3,(H2,17,20). The van der Waals surface area contributed by atoms with Gasteiger partial charge in [-0.25, -0.2) is 0 Å². The van der Waals surface area contributed by atoms with Crippen molar-refractivity contribution in [2.24, 2.45) is 11.7 Å². The minimum absolute atomic E-state index is 0.164. The van der Waals surface area contributed by atoms with Gasteiger partial charge in [0.2, 0.25) is 5.91 Å². The lowest BCUT2D eigenvalue weighted by Gasteiger charge is -2.40. The van der Waals surface area contributed by atoms with Gasteiger partial charge in [-0.15, -0.1) is 0 Å². The van der Waals surface area contributed by atoms with E-state index in [1.807, 2.05) is 0 Å². The van der Waals surface area contributed by atoms with Crippen molar-refractivity contribution in [3.05, 3.63) is 0 Å². The molecule has 2 rings (SSSR count). The lowest BCUT2D eigenvalue weighted by Crippen LogP contribution is -2.65. The molecule has 1 aliphatic heterocycles. The van der Waals surface area contributed by atoms with Crippen LogP contribution in [0.15, 0.2) is 0 Å². The number of carbonyl (C=O) groups is 1. The second-order valence-corrected chi connectivity index (χ2v) is 7.07. The van der Waals surface area contributed by atoms with Crippen molar-refractivity contribution in [2.75, 3.05) is 6.54 Å². The molecule has 3 N–H and O–H groups in total. The first-order valence-corrected chi connectivity index (χ1v) is 8.24. The maximum absolute atomic E-state index is 12.3. The Kier molecular flexibility index (Phi) is 4.75. The molecular formula is C16H31N3O. The summed E-state index contributed by atoms with van der Waals surface area (Å²) in [5.41, 5.74) is 5.32. The van der Waals surface area contributed by atoms with Crippen molar-refractivity contribution in [1.29, 1.82) is 0 Å². The van der Waals surface area contributed by atoms with E-state index in [0.29, 0.717) is 18.0 Å². The van der Waals surface area contributed by atoms with E-state index in [4.69, 9.17) is 5.73 Å². The molecule has 1 saturated heterocycles. The van der Waals surface area contributed by atoms with Gasteiger partial charge in [-0.05, 0) is 58.8 Å². The van der Waals surface area contributed by atoms with E-state index in [2.05, 4.69) is 37.9 Å². The highest BCUT2D eigenvalue weighted by Crippen LogP contribution is 2.42. The van der Waals surface area contributed by atoms with Crippen LogP contribution in [0.3, 0.4) is 0 Å². The van der Waals surface area contributed by atoms with Gasteiger partial charge in [-0.2, -0.15) is 0 Å². The minimum atomic E-state index is -0.528. The molecule has 3 unspecified atom stereocenters. The summed E-state index contributed by atoms with van der Waals surface area (Å²) in [6.45, 7) is 9.51. The second-order valence-electron chi connectivity index (χ2n) is 7.07. The first-order chi connectivity index (χ1) is 9.40. The first-order valence-electron chi connectivity index (χ1n) is 8.24. The van der Waals surface area contributed by atoms with Crippen LogP contribution in [0.4, 0.5) is 0 Å². The Morgan fingerprint density at radius 1 is 1.35 bits per heavy atom. The summed E-state index contributed by atoms with van der Waals surface area (Å²) in [5, 5.41) is 3.53. The third-order valence-corrected chi connectivity index (χ3v) is 5.12. The molecule has 0 aromatic rings. The molecule has 0 bridgehead atoms. The quantitative estimate of drug-likeness (QED) is 0.749. The van der Waals surface area contributed by atoms with Crippen LogP contribution >= 0.6 is 0 Å². The van der Waals surface area contributed by atoms with Gasteiger partial charge < -0.3 is 5.73 Å². The van der Waals surface area contributed by atoms with Crippen molar-refractivity contribution < 1.29 is 4.79 Å². The Labute approximate surface area is 123 Å². The summed E-state index contributed by atoms with van der Waals surface area (Å²) < 4.78 is 0. The van der Waals surface area contributed by atoms with Gasteiger partial charge in [-0.3, -0.25) is 15.0 Å². The van der Waals surface area contributed by atoms with Crippen LogP contribution in [0, 0.1) is 5.92 Å². The molecule has 4 nitrogen and oxygen atoms in total. The number of hydrogen-bond acceptors (Lipinski definition) is 3. The molecule has 2 aliphatic rings. The molecule has 2 fully saturated rings. The molecule has 4 heteroatoms. The number of nitrogens with one attached hydrogen (secondary N) is 1. The Bertz CT molecular complexity index is 354. The zero-order valence-electron chi connectivity index (χ0n) is 13.5. The number of amides is 1. The predicted octanol–water partition coefficient (Wildman–Crippen LogP) is 1.88. The molecule has 20 heavy (non-hydrogen) atoms. The number of rotatable bonds is 7. The molecule has 3 atom stereocenters. The molecular weight excluding hydrogens is 250 g/mol. The number of likely N-dealkylation sites (tertiary alicyclic amines) is 1. The predicted molar refractivity (Wildman–Crippen MR) is 82.4 cm³/mol. The maximum Gasteiger partial charge on any atom is 0.239 e. The topological polar surface area (TPSA) is 58.4 Å². The normalized spacial score (nSPS) is 30.6. The van der Waals surface area contributed by atoms with Crippen molar-refractivity contribution in [1.82, 2.24) is 10.2 Å². The van der Waals surface area contributed by atoms with Crippen LogP contribution in [0.1, 0.15) is 59.8 Å². The van der Waals surface area contributed by atoms with Crippen LogP contribution in [-0.4, -0.2) is 41.0 Å². The van der Waals surface area contributed by atoms with E-state index in [-0.39, 0.29) is 11.9 Å². The Balaban J connectivity index is 2.20. The number of primary amides is 1. The fourth-order valence-electron chi connectivity index (χ4n) is 3.87. The highest BCUT2D eigenvalue weighted by Gasteiger charge is 2.52. The van der Waals surface area contributed by atoms with E-state index >= 15 is 0 Å². The Hall–Kier alpha value is -0.610. The van der Waals surface area contributed by atoms with Crippen LogP contribution < -0.4 is 11.1 Å². The lowest BCUT2D eigenvalue weighted by molar-refractivity contribution is -0.127. The van der Waals surface area contributed by atoms with Gasteiger partial charge in [0.05, 0.1) is 0 Å². The van der Waals surface area contributed by atoms with Crippen molar-refractivity contribution in [3.8, 4) is 0 Å². The van der Waals surface area contributed by atoms with Crippen molar-refractivity contribution >= 4 is 5.91 Å². The van der Waals surface area contributed by atoms with Crippen LogP contribution in [0.25, 0.3) is 0 Å². The third-order valence-electron chi connectivity index (χ3n) is 5.12. The van der Waals surface area contributed by atoms with Gasteiger partial charge in [0.25, 0.3) is 0 Å². The lowest BCUT2D eigenvalue weighted by atomic mass is 9.89. The minimum Gasteiger partial charge on any atom is -0.368 e. The molecule has 0 aromatic carbocycles. The average Bonchev–Trinajstić information content (AvgIpc) is 3.15. The fourth-order valence-corrected chi connectivity index (χ4v) is 3.87. The van der Waals surface area contributed by atoms with Crippen LogP contribution in [-0.2, 0) is 4.79 Å². The van der Waals surface area contributed by atoms with Crippen LogP contribution in [0.5, 0.6) is 0 Å². The smallest absolute Gasteiger partial charge is 0.239 e. The molecule has 0 aromatic heterocycles. The van der Waals surface area contributed by atoms with Gasteiger partial charge in [-0.1, -0.05) is 6.92 Å². The van der Waals surface area contributed by atoms with E-state index in [1.54, 1.807) is 0 Å². The number of hydrogen-bond donors (Lipinski definition) is 2. The maximum atomic E-state index is 12.3. The average molecular weight is 281 g/mol. The summed E-state index contributed by atoms with van der Waals surface area (Å²) in [5.74, 6) is 0.260. The van der Waals surface area contributed by atoms with Crippen molar-refractivity contribution in [2.45, 2.75) is 83.5 Å². The highest BCUT2D eigenvalue weighted by molar-refractivity contribution is 5.86. The van der Waals surface area contributed by atoms with E-state index in [9.17, 15) is 4.79 Å². The molecule has 1 aliphatic carbocycles. The largest absolute Gasteiger partial charge is 0.368 e. The van der Waals surface area contributed by atoms with Gasteiger partial charge in [0.1, 0.15) is 5.54 Å². The summed E-state index contributed by atoms with van der Waals surface area (Å²) >= 11 is 0. The summed E-state index contributed by atoms with van der Waals surface area (Å²) in [7, 11) is 0. The van der Waals surface area contributed by atoms with Crippen molar-refractivity contribution in [3.63, 3.8) is 0 Å². The molecule has 1 amide bonds. The number of carbonyl (C=O) groups excluding carboxylic acids is 1. The Morgan fingerprint density at radius 3 is 2.45 bits per heavy atom. The van der Waals surface area contributed by atoms with E-state index < -0.39 is 5.54 Å². The van der Waals surface area contributed by atoms with Gasteiger partial charge in [0, 0.05) is 24.7 Å². The van der Waals surface area contributed by atoms with E-state index in [0.717, 1.165) is 25.8 Å². The summed E-state index contributed by atoms with van der Waals surface area (Å²) in [6, 6.07) is 1.45. The second kappa shape index (κ2) is 6.02. The molecule has 0 spiro atoms. The summed E-state index contributed by atoms with van der Waals surface area (Å²) in [4.78, 5) is 14.8. The molecule has 1 saturated carbocycles. The zero-order chi connectivity index (χ0) is 14.9. The molecule has 0 radical (unpaired) electrons. The Morgan fingerprint density at radius 2 is 2.00 bits per heavy atom. The first kappa shape index (κ1) is 15.8. The monoisotopic (exact) mass is 281 g/mol. The van der Waals surface area contributed by atoms with Gasteiger partial charge in [0.15, 0.2) is 0 Å². The van der Waals surface area contributed by atoms with Crippen LogP contribution in [0.2, 0.25) is 0 Å². The van der Waals surface area contributed by atoms with E-state index in [1.165, 1.54) is 12.8 Å². The highest BCUT2D eigenvalue weighted by atomic mass is 16.1. The van der Waals surface area contributed by atoms with Gasteiger partial charge >= 0.3 is 0 Å². The SMILES string of the molecule is CCC1CCC(C)N1CC(NC(C)C)(C(N)=O)C1CC1. The summed E-state index contributed by atoms with van der Waals surface area (Å²) in [6.07, 6.45) is 5.90.